The van der Waals surface area contributed by atoms with Crippen molar-refractivity contribution >= 4 is 0 Å². The van der Waals surface area contributed by atoms with Crippen LogP contribution in [0.3, 0.4) is 0 Å². The third kappa shape index (κ3) is 1.66. The first-order valence-corrected chi connectivity index (χ1v) is 3.12. The first-order valence-electron chi connectivity index (χ1n) is 3.12. The summed E-state index contributed by atoms with van der Waals surface area (Å²) in [7, 11) is 0. The third-order valence-electron chi connectivity index (χ3n) is 1.06. The first kappa shape index (κ1) is 7.97. The minimum absolute atomic E-state index is 0.0440. The Morgan fingerprint density at radius 3 is 3.09 bits per heavy atom. The molecule has 0 bridgehead atoms. The number of nitrogens with zero attached hydrogens (tertiary/aromatic N) is 2. The Balaban J connectivity index is 2.78. The lowest BCUT2D eigenvalue weighted by molar-refractivity contribution is 0.0459. The van der Waals surface area contributed by atoms with Crippen molar-refractivity contribution < 1.29 is 13.5 Å². The van der Waals surface area contributed by atoms with Crippen LogP contribution in [-0.4, -0.2) is 16.4 Å². The van der Waals surface area contributed by atoms with Crippen molar-refractivity contribution in [1.29, 1.82) is 0 Å². The minimum atomic E-state index is -2.66. The number of ether oxygens (including phenoxy) is 1. The molecule has 0 unspecified atom stereocenters. The Kier molecular flexibility index (Phi) is 2.40. The predicted octanol–water partition coefficient (Wildman–Crippen LogP) is 1.48. The monoisotopic (exact) mass is 161 g/mol. The predicted molar refractivity (Wildman–Crippen MR) is 33.5 cm³/mol. The number of rotatable bonds is 3. The second-order valence-corrected chi connectivity index (χ2v) is 1.77. The summed E-state index contributed by atoms with van der Waals surface area (Å²) in [6.45, 7) is -0.613. The summed E-state index contributed by atoms with van der Waals surface area (Å²) in [6.07, 6.45) is 2.27. The lowest BCUT2D eigenvalue weighted by atomic mass is 10.7. The van der Waals surface area contributed by atoms with Crippen LogP contribution < -0.4 is 4.74 Å². The van der Waals surface area contributed by atoms with Crippen molar-refractivity contribution in [2.75, 3.05) is 6.61 Å². The Morgan fingerprint density at radius 2 is 2.55 bits per heavy atom. The maximum atomic E-state index is 12.0. The second-order valence-electron chi connectivity index (χ2n) is 1.77. The summed E-state index contributed by atoms with van der Waals surface area (Å²) in [5, 5.41) is 3.25. The Labute approximate surface area is 62.6 Å². The van der Waals surface area contributed by atoms with Crippen LogP contribution in [0.15, 0.2) is 6.07 Å². The van der Waals surface area contributed by atoms with Crippen LogP contribution >= 0.6 is 0 Å². The van der Waals surface area contributed by atoms with E-state index in [1.807, 2.05) is 0 Å². The molecular weight excluding hydrogens is 154 g/mol. The van der Waals surface area contributed by atoms with Gasteiger partial charge in [0.2, 0.25) is 5.88 Å². The molecule has 1 aromatic rings. The fourth-order valence-corrected chi connectivity index (χ4v) is 0.657. The van der Waals surface area contributed by atoms with Crippen LogP contribution in [-0.2, 0) is 0 Å². The largest absolute Gasteiger partial charge is 0.478 e. The lowest BCUT2D eigenvalue weighted by Crippen LogP contribution is -2.04. The summed E-state index contributed by atoms with van der Waals surface area (Å²) in [5.41, 5.74) is 0. The van der Waals surface area contributed by atoms with E-state index >= 15 is 0 Å². The van der Waals surface area contributed by atoms with E-state index in [4.69, 9.17) is 4.74 Å². The molecule has 1 radical (unpaired) electrons. The van der Waals surface area contributed by atoms with Crippen molar-refractivity contribution in [2.45, 2.75) is 13.5 Å². The number of halogens is 2. The zero-order valence-corrected chi connectivity index (χ0v) is 5.92. The molecular formula is C6H7F2N2O. The van der Waals surface area contributed by atoms with E-state index in [9.17, 15) is 8.78 Å². The Hall–Kier alpha value is -1.13. The molecule has 3 nitrogen and oxygen atoms in total. The fourth-order valence-electron chi connectivity index (χ4n) is 0.657. The lowest BCUT2D eigenvalue weighted by Gasteiger charge is -2.04. The van der Waals surface area contributed by atoms with Crippen molar-refractivity contribution in [2.24, 2.45) is 0 Å². The first-order chi connectivity index (χ1) is 5.25. The maximum Gasteiger partial charge on any atom is 0.336 e. The van der Waals surface area contributed by atoms with Gasteiger partial charge in [0.1, 0.15) is 6.20 Å². The molecule has 0 atom stereocenters. The molecule has 0 aliphatic rings. The van der Waals surface area contributed by atoms with E-state index in [2.05, 4.69) is 11.3 Å². The SMILES string of the molecule is CCOc1c[c]nn1C(F)F. The van der Waals surface area contributed by atoms with Crippen LogP contribution in [0.4, 0.5) is 8.78 Å². The fraction of sp³-hybridized carbons (Fsp3) is 0.500. The molecule has 0 saturated heterocycles. The molecule has 11 heavy (non-hydrogen) atoms. The van der Waals surface area contributed by atoms with Crippen molar-refractivity contribution in [3.8, 4) is 5.88 Å². The highest BCUT2D eigenvalue weighted by molar-refractivity contribution is 5.06. The second kappa shape index (κ2) is 3.32. The highest BCUT2D eigenvalue weighted by atomic mass is 19.3. The molecule has 0 saturated carbocycles. The van der Waals surface area contributed by atoms with Gasteiger partial charge in [0, 0.05) is 6.07 Å². The molecule has 0 fully saturated rings. The molecule has 0 N–H and O–H groups in total. The standard InChI is InChI=1S/C6H7F2N2O/c1-2-11-5-3-4-9-10(5)6(7)8/h3,6H,2H2,1H3. The van der Waals surface area contributed by atoms with Gasteiger partial charge in [-0.15, -0.1) is 0 Å². The molecule has 1 rings (SSSR count). The molecule has 0 spiro atoms. The van der Waals surface area contributed by atoms with E-state index in [0.29, 0.717) is 11.3 Å². The van der Waals surface area contributed by atoms with Crippen LogP contribution in [0.2, 0.25) is 0 Å². The number of hydrogen-bond acceptors (Lipinski definition) is 2. The van der Waals surface area contributed by atoms with Crippen LogP contribution in [0.5, 0.6) is 5.88 Å². The quantitative estimate of drug-likeness (QED) is 0.671. The Morgan fingerprint density at radius 1 is 1.82 bits per heavy atom. The zero-order chi connectivity index (χ0) is 8.27. The average Bonchev–Trinajstić information content (AvgIpc) is 2.36. The summed E-state index contributed by atoms with van der Waals surface area (Å²) in [4.78, 5) is 0. The molecule has 1 aromatic heterocycles. The molecule has 5 heteroatoms. The van der Waals surface area contributed by atoms with Gasteiger partial charge in [0.05, 0.1) is 6.61 Å². The number of hydrogen-bond donors (Lipinski definition) is 0. The number of aromatic nitrogens is 2. The van der Waals surface area contributed by atoms with E-state index in [1.165, 1.54) is 6.07 Å². The van der Waals surface area contributed by atoms with Crippen LogP contribution in [0, 0.1) is 6.20 Å². The molecule has 0 aliphatic heterocycles. The van der Waals surface area contributed by atoms with Crippen LogP contribution in [0.1, 0.15) is 13.5 Å². The highest BCUT2D eigenvalue weighted by Gasteiger charge is 2.11. The van der Waals surface area contributed by atoms with E-state index < -0.39 is 6.55 Å². The van der Waals surface area contributed by atoms with Gasteiger partial charge in [-0.05, 0) is 6.92 Å². The highest BCUT2D eigenvalue weighted by Crippen LogP contribution is 2.17. The van der Waals surface area contributed by atoms with E-state index in [-0.39, 0.29) is 5.88 Å². The summed E-state index contributed by atoms with van der Waals surface area (Å²) >= 11 is 0. The minimum Gasteiger partial charge on any atom is -0.478 e. The maximum absolute atomic E-state index is 12.0. The van der Waals surface area contributed by atoms with Gasteiger partial charge in [0.25, 0.3) is 0 Å². The van der Waals surface area contributed by atoms with Crippen LogP contribution in [0.25, 0.3) is 0 Å². The molecule has 1 heterocycles. The van der Waals surface area contributed by atoms with Gasteiger partial charge in [0.15, 0.2) is 0 Å². The van der Waals surface area contributed by atoms with Gasteiger partial charge >= 0.3 is 6.55 Å². The van der Waals surface area contributed by atoms with Crippen molar-refractivity contribution in [3.63, 3.8) is 0 Å². The average molecular weight is 161 g/mol. The van der Waals surface area contributed by atoms with Crippen molar-refractivity contribution in [1.82, 2.24) is 9.78 Å². The zero-order valence-electron chi connectivity index (χ0n) is 5.92. The third-order valence-corrected chi connectivity index (χ3v) is 1.06. The van der Waals surface area contributed by atoms with Gasteiger partial charge < -0.3 is 4.74 Å². The van der Waals surface area contributed by atoms with Gasteiger partial charge in [-0.2, -0.15) is 18.6 Å². The molecule has 0 aromatic carbocycles. The van der Waals surface area contributed by atoms with Gasteiger partial charge in [-0.25, -0.2) is 0 Å². The smallest absolute Gasteiger partial charge is 0.336 e. The molecule has 0 amide bonds. The molecule has 0 aliphatic carbocycles. The van der Waals surface area contributed by atoms with Gasteiger partial charge in [-0.3, -0.25) is 0 Å². The molecule has 61 valence electrons. The van der Waals surface area contributed by atoms with Crippen molar-refractivity contribution in [3.05, 3.63) is 12.3 Å². The van der Waals surface area contributed by atoms with Gasteiger partial charge in [-0.1, -0.05) is 0 Å². The number of alkyl halides is 2. The summed E-state index contributed by atoms with van der Waals surface area (Å²) < 4.78 is 29.3. The normalized spacial score (nSPS) is 10.5. The van der Waals surface area contributed by atoms with E-state index in [0.717, 1.165) is 0 Å². The Bertz CT molecular complexity index is 224. The topological polar surface area (TPSA) is 27.1 Å². The summed E-state index contributed by atoms with van der Waals surface area (Å²) in [6, 6.07) is 1.27. The van der Waals surface area contributed by atoms with E-state index in [1.54, 1.807) is 6.92 Å². The summed E-state index contributed by atoms with van der Waals surface area (Å²) in [5.74, 6) is 0.0440.